The highest BCUT2D eigenvalue weighted by Gasteiger charge is 2.44. The van der Waals surface area contributed by atoms with Crippen LogP contribution in [0.1, 0.15) is 265 Å². The lowest BCUT2D eigenvalue weighted by molar-refractivity contribution is -0.184. The fourth-order valence-corrected chi connectivity index (χ4v) is 9.32. The van der Waals surface area contributed by atoms with Crippen molar-refractivity contribution in [2.24, 2.45) is 5.92 Å². The molecule has 0 radical (unpaired) electrons. The summed E-state index contributed by atoms with van der Waals surface area (Å²) in [4.78, 5) is 13.2. The Bertz CT molecular complexity index is 957. The van der Waals surface area contributed by atoms with Crippen LogP contribution in [0.2, 0.25) is 0 Å². The Kier molecular flexibility index (Phi) is 40.9. The highest BCUT2D eigenvalue weighted by Crippen LogP contribution is 2.29. The van der Waals surface area contributed by atoms with Gasteiger partial charge in [0.15, 0.2) is 0 Å². The van der Waals surface area contributed by atoms with Crippen molar-refractivity contribution in [3.8, 4) is 0 Å². The molecule has 0 saturated heterocycles. The molecule has 1 aliphatic carbocycles. The van der Waals surface area contributed by atoms with Crippen molar-refractivity contribution >= 4 is 5.91 Å². The molecular weight excluding hydrogens is 779 g/mol. The van der Waals surface area contributed by atoms with Crippen molar-refractivity contribution < 1.29 is 39.8 Å². The van der Waals surface area contributed by atoms with E-state index in [1.54, 1.807) is 0 Å². The minimum atomic E-state index is -1.40. The molecule has 0 aromatic heterocycles. The van der Waals surface area contributed by atoms with E-state index in [0.29, 0.717) is 19.4 Å². The van der Waals surface area contributed by atoms with Gasteiger partial charge >= 0.3 is 0 Å². The average molecular weight is 884 g/mol. The normalized spacial score (nSPS) is 20.7. The van der Waals surface area contributed by atoms with Gasteiger partial charge in [-0.2, -0.15) is 0 Å². The Hall–Kier alpha value is -0.810. The number of unbranched alkanes of at least 4 members (excludes halogenated alkanes) is 33. The highest BCUT2D eigenvalue weighted by atomic mass is 16.5. The zero-order valence-electron chi connectivity index (χ0n) is 41.1. The SMILES string of the molecule is CCCCCCCCCCCCCCCCCCCCCCCCCC(=O)N[C@@H](CO[C@H]1C[C@H](COCC)[C@H](O)[C@H](O)[C@H]1O)[C@H](O)[C@H](O)CCCCCCCCCCCCCC. The number of amides is 1. The van der Waals surface area contributed by atoms with Crippen molar-refractivity contribution in [1.29, 1.82) is 0 Å². The van der Waals surface area contributed by atoms with E-state index in [-0.39, 0.29) is 25.5 Å². The van der Waals surface area contributed by atoms with E-state index < -0.39 is 48.6 Å². The summed E-state index contributed by atoms with van der Waals surface area (Å²) in [6.45, 7) is 6.95. The lowest BCUT2D eigenvalue weighted by atomic mass is 9.81. The van der Waals surface area contributed by atoms with Crippen LogP contribution >= 0.6 is 0 Å². The summed E-state index contributed by atoms with van der Waals surface area (Å²) >= 11 is 0. The molecule has 0 spiro atoms. The van der Waals surface area contributed by atoms with Crippen molar-refractivity contribution in [2.45, 2.75) is 307 Å². The molecule has 9 nitrogen and oxygen atoms in total. The van der Waals surface area contributed by atoms with Gasteiger partial charge in [-0.1, -0.05) is 232 Å². The molecule has 0 unspecified atom stereocenters. The predicted octanol–water partition coefficient (Wildman–Crippen LogP) is 12.2. The third-order valence-corrected chi connectivity index (χ3v) is 13.6. The van der Waals surface area contributed by atoms with E-state index >= 15 is 0 Å². The third-order valence-electron chi connectivity index (χ3n) is 13.6. The summed E-state index contributed by atoms with van der Waals surface area (Å²) in [5.74, 6) is -0.612. The zero-order chi connectivity index (χ0) is 45.3. The molecule has 1 rings (SSSR count). The number of carbonyl (C=O) groups excluding carboxylic acids is 1. The monoisotopic (exact) mass is 884 g/mol. The Morgan fingerprint density at radius 1 is 0.516 bits per heavy atom. The lowest BCUT2D eigenvalue weighted by Gasteiger charge is -2.41. The maximum atomic E-state index is 13.2. The average Bonchev–Trinajstić information content (AvgIpc) is 3.27. The lowest BCUT2D eigenvalue weighted by Crippen LogP contribution is -2.57. The molecule has 6 N–H and O–H groups in total. The Labute approximate surface area is 383 Å². The summed E-state index contributed by atoms with van der Waals surface area (Å²) in [5, 5.41) is 57.1. The van der Waals surface area contributed by atoms with Crippen molar-refractivity contribution in [1.82, 2.24) is 5.32 Å². The third kappa shape index (κ3) is 32.0. The molecule has 62 heavy (non-hydrogen) atoms. The first-order valence-corrected chi connectivity index (χ1v) is 27.2. The molecule has 370 valence electrons. The van der Waals surface area contributed by atoms with Crippen LogP contribution in [0.25, 0.3) is 0 Å². The number of carbonyl (C=O) groups is 1. The largest absolute Gasteiger partial charge is 0.390 e. The Balaban J connectivity index is 2.32. The number of hydrogen-bond acceptors (Lipinski definition) is 8. The second-order valence-electron chi connectivity index (χ2n) is 19.4. The van der Waals surface area contributed by atoms with E-state index in [2.05, 4.69) is 19.2 Å². The molecule has 0 aliphatic heterocycles. The minimum absolute atomic E-state index is 0.131. The molecule has 1 fully saturated rings. The van der Waals surface area contributed by atoms with Crippen LogP contribution in [0.4, 0.5) is 0 Å². The topological polar surface area (TPSA) is 149 Å². The van der Waals surface area contributed by atoms with Gasteiger partial charge < -0.3 is 40.3 Å². The fraction of sp³-hybridized carbons (Fsp3) is 0.981. The van der Waals surface area contributed by atoms with Crippen molar-refractivity contribution in [3.05, 3.63) is 0 Å². The van der Waals surface area contributed by atoms with Gasteiger partial charge in [-0.3, -0.25) is 4.79 Å². The molecule has 1 aliphatic rings. The van der Waals surface area contributed by atoms with Crippen LogP contribution in [0.3, 0.4) is 0 Å². The van der Waals surface area contributed by atoms with Gasteiger partial charge in [-0.05, 0) is 26.2 Å². The smallest absolute Gasteiger partial charge is 0.220 e. The quantitative estimate of drug-likeness (QED) is 0.0331. The highest BCUT2D eigenvalue weighted by molar-refractivity contribution is 5.76. The van der Waals surface area contributed by atoms with Gasteiger partial charge in [0.1, 0.15) is 18.3 Å². The van der Waals surface area contributed by atoms with E-state index in [4.69, 9.17) is 9.47 Å². The maximum Gasteiger partial charge on any atom is 0.220 e. The minimum Gasteiger partial charge on any atom is -0.390 e. The predicted molar refractivity (Wildman–Crippen MR) is 258 cm³/mol. The number of rotatable bonds is 46. The molecule has 1 amide bonds. The number of hydrogen-bond donors (Lipinski definition) is 6. The Morgan fingerprint density at radius 3 is 1.27 bits per heavy atom. The molecule has 8 atom stereocenters. The first kappa shape index (κ1) is 59.2. The summed E-state index contributed by atoms with van der Waals surface area (Å²) in [5.41, 5.74) is 0. The van der Waals surface area contributed by atoms with Gasteiger partial charge in [0.25, 0.3) is 0 Å². The van der Waals surface area contributed by atoms with Crippen LogP contribution in [0.5, 0.6) is 0 Å². The van der Waals surface area contributed by atoms with Crippen LogP contribution in [-0.4, -0.2) is 93.9 Å². The summed E-state index contributed by atoms with van der Waals surface area (Å²) in [6.07, 6.45) is 39.1. The molecule has 0 bridgehead atoms. The molecule has 0 heterocycles. The van der Waals surface area contributed by atoms with E-state index in [1.807, 2.05) is 6.92 Å². The van der Waals surface area contributed by atoms with Gasteiger partial charge in [-0.25, -0.2) is 0 Å². The number of aliphatic hydroxyl groups is 5. The number of nitrogens with one attached hydrogen (secondary N) is 1. The van der Waals surface area contributed by atoms with Crippen molar-refractivity contribution in [2.75, 3.05) is 19.8 Å². The molecule has 0 aromatic rings. The molecule has 0 aromatic carbocycles. The molecular formula is C53H105NO8. The molecule has 9 heteroatoms. The van der Waals surface area contributed by atoms with Crippen molar-refractivity contribution in [3.63, 3.8) is 0 Å². The molecule has 1 saturated carbocycles. The van der Waals surface area contributed by atoms with Gasteiger partial charge in [0, 0.05) is 18.9 Å². The second kappa shape index (κ2) is 42.8. The summed E-state index contributed by atoms with van der Waals surface area (Å²) in [7, 11) is 0. The first-order chi connectivity index (χ1) is 30.3. The zero-order valence-corrected chi connectivity index (χ0v) is 41.1. The van der Waals surface area contributed by atoms with Gasteiger partial charge in [0.2, 0.25) is 5.91 Å². The van der Waals surface area contributed by atoms with Gasteiger partial charge in [-0.15, -0.1) is 0 Å². The first-order valence-electron chi connectivity index (χ1n) is 27.2. The van der Waals surface area contributed by atoms with Crippen LogP contribution in [-0.2, 0) is 14.3 Å². The van der Waals surface area contributed by atoms with Crippen LogP contribution in [0, 0.1) is 5.92 Å². The standard InChI is InChI=1S/C53H105NO8/c1-4-7-9-11-13-15-17-19-20-21-22-23-24-25-26-27-28-29-31-33-35-37-39-41-49(56)54-46(44-62-48-42-45(43-61-6-3)50(57)53(60)52(48)59)51(58)47(55)40-38-36-34-32-30-18-16-14-12-10-8-5-2/h45-48,50-53,55,57-60H,4-44H2,1-3H3,(H,54,56)/t45-,46+,47-,48+,50+,51+,52+,53+/m1/s1. The summed E-state index contributed by atoms with van der Waals surface area (Å²) in [6, 6.07) is -0.874. The van der Waals surface area contributed by atoms with E-state index in [1.165, 1.54) is 186 Å². The summed E-state index contributed by atoms with van der Waals surface area (Å²) < 4.78 is 11.6. The van der Waals surface area contributed by atoms with Gasteiger partial charge in [0.05, 0.1) is 37.6 Å². The Morgan fingerprint density at radius 2 is 0.887 bits per heavy atom. The number of ether oxygens (including phenoxy) is 2. The fourth-order valence-electron chi connectivity index (χ4n) is 9.32. The van der Waals surface area contributed by atoms with E-state index in [9.17, 15) is 30.3 Å². The van der Waals surface area contributed by atoms with Crippen LogP contribution < -0.4 is 5.32 Å². The van der Waals surface area contributed by atoms with Crippen LogP contribution in [0.15, 0.2) is 0 Å². The maximum absolute atomic E-state index is 13.2. The second-order valence-corrected chi connectivity index (χ2v) is 19.4. The van der Waals surface area contributed by atoms with E-state index in [0.717, 1.165) is 38.5 Å². The number of aliphatic hydroxyl groups excluding tert-OH is 5.